The number of rotatable bonds is 5. The van der Waals surface area contributed by atoms with Crippen molar-refractivity contribution < 1.29 is 14.3 Å². The predicted octanol–water partition coefficient (Wildman–Crippen LogP) is 3.54. The SMILES string of the molecule is CC(CSCc1ccc(F)cc1Br)C(=O)O. The van der Waals surface area contributed by atoms with Gasteiger partial charge in [-0.3, -0.25) is 4.79 Å². The van der Waals surface area contributed by atoms with Gasteiger partial charge in [0.25, 0.3) is 0 Å². The molecule has 1 aromatic rings. The monoisotopic (exact) mass is 306 g/mol. The summed E-state index contributed by atoms with van der Waals surface area (Å²) >= 11 is 4.80. The molecule has 0 fully saturated rings. The molecule has 0 aliphatic carbocycles. The molecule has 0 radical (unpaired) electrons. The maximum Gasteiger partial charge on any atom is 0.307 e. The van der Waals surface area contributed by atoms with Crippen molar-refractivity contribution in [3.05, 3.63) is 34.1 Å². The molecule has 16 heavy (non-hydrogen) atoms. The summed E-state index contributed by atoms with van der Waals surface area (Å²) in [7, 11) is 0. The van der Waals surface area contributed by atoms with E-state index in [1.54, 1.807) is 13.0 Å². The Morgan fingerprint density at radius 1 is 1.62 bits per heavy atom. The van der Waals surface area contributed by atoms with E-state index in [0.717, 1.165) is 10.0 Å². The van der Waals surface area contributed by atoms with Gasteiger partial charge >= 0.3 is 5.97 Å². The zero-order valence-corrected chi connectivity index (χ0v) is 11.1. The molecule has 1 atom stereocenters. The van der Waals surface area contributed by atoms with Crippen LogP contribution >= 0.6 is 27.7 Å². The number of hydrogen-bond acceptors (Lipinski definition) is 2. The molecule has 0 saturated carbocycles. The van der Waals surface area contributed by atoms with Crippen LogP contribution in [0, 0.1) is 11.7 Å². The van der Waals surface area contributed by atoms with E-state index in [2.05, 4.69) is 15.9 Å². The quantitative estimate of drug-likeness (QED) is 0.904. The Morgan fingerprint density at radius 3 is 2.88 bits per heavy atom. The average Bonchev–Trinajstić information content (AvgIpc) is 2.20. The fourth-order valence-corrected chi connectivity index (χ4v) is 2.82. The summed E-state index contributed by atoms with van der Waals surface area (Å²) in [4.78, 5) is 10.6. The van der Waals surface area contributed by atoms with Gasteiger partial charge in [-0.05, 0) is 17.7 Å². The lowest BCUT2D eigenvalue weighted by Crippen LogP contribution is -2.11. The molecule has 0 spiro atoms. The number of hydrogen-bond donors (Lipinski definition) is 1. The molecule has 0 aromatic heterocycles. The Hall–Kier alpha value is -0.550. The van der Waals surface area contributed by atoms with Crippen molar-refractivity contribution in [3.63, 3.8) is 0 Å². The first-order valence-electron chi connectivity index (χ1n) is 4.75. The van der Waals surface area contributed by atoms with Crippen molar-refractivity contribution in [2.24, 2.45) is 5.92 Å². The number of carboxylic acid groups (broad SMARTS) is 1. The molecule has 0 heterocycles. The van der Waals surface area contributed by atoms with Gasteiger partial charge in [0.2, 0.25) is 0 Å². The Balaban J connectivity index is 2.46. The highest BCUT2D eigenvalue weighted by molar-refractivity contribution is 9.10. The highest BCUT2D eigenvalue weighted by atomic mass is 79.9. The molecule has 0 bridgehead atoms. The summed E-state index contributed by atoms with van der Waals surface area (Å²) in [6, 6.07) is 4.52. The molecule has 0 aliphatic rings. The molecule has 5 heteroatoms. The predicted molar refractivity (Wildman–Crippen MR) is 67.1 cm³/mol. The van der Waals surface area contributed by atoms with Crippen LogP contribution in [0.15, 0.2) is 22.7 Å². The van der Waals surface area contributed by atoms with Crippen molar-refractivity contribution in [1.29, 1.82) is 0 Å². The van der Waals surface area contributed by atoms with E-state index < -0.39 is 5.97 Å². The maximum absolute atomic E-state index is 12.8. The van der Waals surface area contributed by atoms with Crippen LogP contribution in [-0.2, 0) is 10.5 Å². The standard InChI is InChI=1S/C11H12BrFO2S/c1-7(11(14)15)5-16-6-8-2-3-9(13)4-10(8)12/h2-4,7H,5-6H2,1H3,(H,14,15). The summed E-state index contributed by atoms with van der Waals surface area (Å²) in [5.41, 5.74) is 0.976. The van der Waals surface area contributed by atoms with Gasteiger partial charge in [0, 0.05) is 16.0 Å². The smallest absolute Gasteiger partial charge is 0.307 e. The molecule has 2 nitrogen and oxygen atoms in total. The van der Waals surface area contributed by atoms with Crippen molar-refractivity contribution in [2.75, 3.05) is 5.75 Å². The number of halogens is 2. The fourth-order valence-electron chi connectivity index (χ4n) is 1.06. The van der Waals surface area contributed by atoms with Crippen LogP contribution < -0.4 is 0 Å². The van der Waals surface area contributed by atoms with E-state index in [1.807, 2.05) is 0 Å². The normalized spacial score (nSPS) is 12.4. The van der Waals surface area contributed by atoms with Gasteiger partial charge in [0.05, 0.1) is 5.92 Å². The van der Waals surface area contributed by atoms with E-state index in [9.17, 15) is 9.18 Å². The molecule has 0 aliphatic heterocycles. The largest absolute Gasteiger partial charge is 0.481 e. The lowest BCUT2D eigenvalue weighted by molar-refractivity contribution is -0.140. The number of carboxylic acids is 1. The molecule has 1 N–H and O–H groups in total. The minimum Gasteiger partial charge on any atom is -0.481 e. The van der Waals surface area contributed by atoms with Crippen molar-refractivity contribution in [3.8, 4) is 0 Å². The van der Waals surface area contributed by atoms with Crippen molar-refractivity contribution >= 4 is 33.7 Å². The lowest BCUT2D eigenvalue weighted by Gasteiger charge is -2.07. The molecule has 1 aromatic carbocycles. The van der Waals surface area contributed by atoms with Crippen LogP contribution in [0.3, 0.4) is 0 Å². The molecule has 1 unspecified atom stereocenters. The Morgan fingerprint density at radius 2 is 2.31 bits per heavy atom. The van der Waals surface area contributed by atoms with Gasteiger partial charge in [0.1, 0.15) is 5.82 Å². The van der Waals surface area contributed by atoms with E-state index in [-0.39, 0.29) is 11.7 Å². The number of carbonyl (C=O) groups is 1. The first-order chi connectivity index (χ1) is 7.50. The first-order valence-corrected chi connectivity index (χ1v) is 6.70. The van der Waals surface area contributed by atoms with E-state index >= 15 is 0 Å². The first kappa shape index (κ1) is 13.5. The molecular formula is C11H12BrFO2S. The zero-order chi connectivity index (χ0) is 12.1. The summed E-state index contributed by atoms with van der Waals surface area (Å²) in [5, 5.41) is 8.70. The second-order valence-electron chi connectivity index (χ2n) is 3.49. The van der Waals surface area contributed by atoms with Crippen LogP contribution in [0.2, 0.25) is 0 Å². The molecular weight excluding hydrogens is 295 g/mol. The second kappa shape index (κ2) is 6.25. The van der Waals surface area contributed by atoms with Crippen molar-refractivity contribution in [1.82, 2.24) is 0 Å². The zero-order valence-electron chi connectivity index (χ0n) is 8.74. The number of thioether (sulfide) groups is 1. The van der Waals surface area contributed by atoms with Crippen LogP contribution in [0.25, 0.3) is 0 Å². The Kier molecular flexibility index (Phi) is 5.28. The Labute approximate surface area is 106 Å². The Bertz CT molecular complexity index is 384. The number of aliphatic carboxylic acids is 1. The van der Waals surface area contributed by atoms with E-state index in [4.69, 9.17) is 5.11 Å². The molecule has 0 saturated heterocycles. The van der Waals surface area contributed by atoms with Crippen LogP contribution in [-0.4, -0.2) is 16.8 Å². The second-order valence-corrected chi connectivity index (χ2v) is 5.37. The summed E-state index contributed by atoms with van der Waals surface area (Å²) < 4.78 is 13.5. The van der Waals surface area contributed by atoms with Crippen LogP contribution in [0.1, 0.15) is 12.5 Å². The van der Waals surface area contributed by atoms with Gasteiger partial charge in [-0.15, -0.1) is 0 Å². The highest BCUT2D eigenvalue weighted by Gasteiger charge is 2.11. The van der Waals surface area contributed by atoms with Gasteiger partial charge in [0.15, 0.2) is 0 Å². The van der Waals surface area contributed by atoms with Gasteiger partial charge in [-0.1, -0.05) is 28.9 Å². The third-order valence-electron chi connectivity index (χ3n) is 2.06. The van der Waals surface area contributed by atoms with Crippen molar-refractivity contribution in [2.45, 2.75) is 12.7 Å². The molecule has 0 amide bonds. The molecule has 88 valence electrons. The van der Waals surface area contributed by atoms with E-state index in [0.29, 0.717) is 11.5 Å². The van der Waals surface area contributed by atoms with Gasteiger partial charge in [-0.2, -0.15) is 11.8 Å². The van der Waals surface area contributed by atoms with Crippen LogP contribution in [0.4, 0.5) is 4.39 Å². The third-order valence-corrected chi connectivity index (χ3v) is 4.05. The van der Waals surface area contributed by atoms with Gasteiger partial charge < -0.3 is 5.11 Å². The minimum atomic E-state index is -0.786. The lowest BCUT2D eigenvalue weighted by atomic mass is 10.2. The van der Waals surface area contributed by atoms with E-state index in [1.165, 1.54) is 23.9 Å². The summed E-state index contributed by atoms with van der Waals surface area (Å²) in [6.45, 7) is 1.68. The summed E-state index contributed by atoms with van der Waals surface area (Å²) in [6.07, 6.45) is 0. The third kappa shape index (κ3) is 4.14. The number of benzene rings is 1. The van der Waals surface area contributed by atoms with Gasteiger partial charge in [-0.25, -0.2) is 4.39 Å². The fraction of sp³-hybridized carbons (Fsp3) is 0.364. The minimum absolute atomic E-state index is 0.278. The molecule has 1 rings (SSSR count). The van der Waals surface area contributed by atoms with Crippen LogP contribution in [0.5, 0.6) is 0 Å². The highest BCUT2D eigenvalue weighted by Crippen LogP contribution is 2.23. The maximum atomic E-state index is 12.8. The average molecular weight is 307 g/mol. The topological polar surface area (TPSA) is 37.3 Å². The summed E-state index contributed by atoms with van der Waals surface area (Å²) in [5.74, 6) is -0.188.